The van der Waals surface area contributed by atoms with Crippen molar-refractivity contribution in [1.29, 1.82) is 0 Å². The van der Waals surface area contributed by atoms with Gasteiger partial charge < -0.3 is 15.2 Å². The van der Waals surface area contributed by atoms with Crippen molar-refractivity contribution in [2.24, 2.45) is 0 Å². The fourth-order valence-corrected chi connectivity index (χ4v) is 2.20. The van der Waals surface area contributed by atoms with Crippen LogP contribution in [0.5, 0.6) is 0 Å². The van der Waals surface area contributed by atoms with E-state index in [0.717, 1.165) is 16.7 Å². The average Bonchev–Trinajstić information content (AvgIpc) is 2.55. The van der Waals surface area contributed by atoms with Gasteiger partial charge in [-0.2, -0.15) is 0 Å². The Morgan fingerprint density at radius 2 is 1.82 bits per heavy atom. The number of carbonyl (C=O) groups excluding carboxylic acids is 1. The first-order valence-electron chi connectivity index (χ1n) is 7.31. The Morgan fingerprint density at radius 3 is 2.50 bits per heavy atom. The molecule has 1 unspecified atom stereocenters. The molecule has 4 heteroatoms. The normalized spacial score (nSPS) is 11.7. The molecule has 2 aromatic rings. The molecule has 1 atom stereocenters. The number of amides is 1. The molecule has 0 fully saturated rings. The first-order valence-corrected chi connectivity index (χ1v) is 7.31. The molecule has 1 amide bonds. The number of aliphatic hydroxyl groups excluding tert-OH is 1. The quantitative estimate of drug-likeness (QED) is 0.862. The van der Waals surface area contributed by atoms with Gasteiger partial charge >= 0.3 is 6.09 Å². The highest BCUT2D eigenvalue weighted by atomic mass is 16.5. The van der Waals surface area contributed by atoms with Crippen LogP contribution in [-0.2, 0) is 17.8 Å². The lowest BCUT2D eigenvalue weighted by Gasteiger charge is -2.17. The van der Waals surface area contributed by atoms with E-state index in [1.807, 2.05) is 61.5 Å². The Bertz CT molecular complexity index is 598. The van der Waals surface area contributed by atoms with E-state index in [0.29, 0.717) is 6.42 Å². The fourth-order valence-electron chi connectivity index (χ4n) is 2.20. The molecule has 0 saturated carbocycles. The van der Waals surface area contributed by atoms with Crippen molar-refractivity contribution in [1.82, 2.24) is 5.32 Å². The third kappa shape index (κ3) is 4.90. The summed E-state index contributed by atoms with van der Waals surface area (Å²) in [7, 11) is 0. The van der Waals surface area contributed by atoms with E-state index in [1.54, 1.807) is 0 Å². The highest BCUT2D eigenvalue weighted by Gasteiger charge is 2.14. The number of hydrogen-bond donors (Lipinski definition) is 2. The van der Waals surface area contributed by atoms with Gasteiger partial charge in [0.05, 0.1) is 12.6 Å². The summed E-state index contributed by atoms with van der Waals surface area (Å²) in [6.07, 6.45) is 0.0559. The van der Waals surface area contributed by atoms with E-state index < -0.39 is 6.09 Å². The molecular formula is C18H21NO3. The third-order valence-corrected chi connectivity index (χ3v) is 3.48. The molecule has 0 aromatic heterocycles. The molecule has 0 bridgehead atoms. The van der Waals surface area contributed by atoms with Crippen molar-refractivity contribution >= 4 is 6.09 Å². The van der Waals surface area contributed by atoms with Crippen molar-refractivity contribution in [3.8, 4) is 0 Å². The summed E-state index contributed by atoms with van der Waals surface area (Å²) >= 11 is 0. The third-order valence-electron chi connectivity index (χ3n) is 3.48. The van der Waals surface area contributed by atoms with Crippen LogP contribution in [0.4, 0.5) is 4.79 Å². The topological polar surface area (TPSA) is 58.6 Å². The predicted molar refractivity (Wildman–Crippen MR) is 85.5 cm³/mol. The second-order valence-corrected chi connectivity index (χ2v) is 5.22. The lowest BCUT2D eigenvalue weighted by atomic mass is 10.0. The Hall–Kier alpha value is -2.33. The monoisotopic (exact) mass is 299 g/mol. The molecule has 4 nitrogen and oxygen atoms in total. The van der Waals surface area contributed by atoms with Crippen LogP contribution in [0.1, 0.15) is 16.7 Å². The summed E-state index contributed by atoms with van der Waals surface area (Å²) in [6.45, 7) is 2.10. The molecule has 22 heavy (non-hydrogen) atoms. The Balaban J connectivity index is 1.84. The molecule has 0 aliphatic rings. The molecule has 116 valence electrons. The lowest BCUT2D eigenvalue weighted by Crippen LogP contribution is -2.39. The van der Waals surface area contributed by atoms with Crippen molar-refractivity contribution < 1.29 is 14.6 Å². The van der Waals surface area contributed by atoms with Gasteiger partial charge in [-0.3, -0.25) is 0 Å². The van der Waals surface area contributed by atoms with E-state index >= 15 is 0 Å². The fraction of sp³-hybridized carbons (Fsp3) is 0.278. The van der Waals surface area contributed by atoms with Crippen LogP contribution >= 0.6 is 0 Å². The summed E-state index contributed by atoms with van der Waals surface area (Å²) < 4.78 is 5.17. The van der Waals surface area contributed by atoms with Gasteiger partial charge in [0.15, 0.2) is 0 Å². The van der Waals surface area contributed by atoms with E-state index in [-0.39, 0.29) is 19.3 Å². The highest BCUT2D eigenvalue weighted by Crippen LogP contribution is 2.10. The first-order chi connectivity index (χ1) is 10.7. The summed E-state index contributed by atoms with van der Waals surface area (Å²) in [5, 5.41) is 12.1. The number of alkyl carbamates (subject to hydrolysis) is 1. The zero-order chi connectivity index (χ0) is 15.8. The largest absolute Gasteiger partial charge is 0.445 e. The molecule has 0 aliphatic heterocycles. The van der Waals surface area contributed by atoms with Gasteiger partial charge in [-0.25, -0.2) is 4.79 Å². The minimum Gasteiger partial charge on any atom is -0.445 e. The van der Waals surface area contributed by atoms with Gasteiger partial charge in [0.25, 0.3) is 0 Å². The first kappa shape index (κ1) is 16.0. The van der Waals surface area contributed by atoms with Crippen molar-refractivity contribution in [2.45, 2.75) is 26.0 Å². The lowest BCUT2D eigenvalue weighted by molar-refractivity contribution is 0.129. The van der Waals surface area contributed by atoms with Gasteiger partial charge in [-0.1, -0.05) is 54.6 Å². The van der Waals surface area contributed by atoms with Crippen LogP contribution in [-0.4, -0.2) is 23.8 Å². The molecular weight excluding hydrogens is 278 g/mol. The van der Waals surface area contributed by atoms with E-state index in [4.69, 9.17) is 4.74 Å². The second-order valence-electron chi connectivity index (χ2n) is 5.22. The average molecular weight is 299 g/mol. The van der Waals surface area contributed by atoms with Gasteiger partial charge in [0.2, 0.25) is 0 Å². The molecule has 2 rings (SSSR count). The number of aryl methyl sites for hydroxylation is 1. The number of nitrogens with one attached hydrogen (secondary N) is 1. The van der Waals surface area contributed by atoms with Crippen LogP contribution in [0.3, 0.4) is 0 Å². The number of ether oxygens (including phenoxy) is 1. The second kappa shape index (κ2) is 8.20. The maximum atomic E-state index is 11.8. The Kier molecular flexibility index (Phi) is 5.98. The van der Waals surface area contributed by atoms with Crippen molar-refractivity contribution in [3.05, 3.63) is 71.3 Å². The van der Waals surface area contributed by atoms with Crippen molar-refractivity contribution in [2.75, 3.05) is 6.61 Å². The minimum absolute atomic E-state index is 0.130. The molecule has 0 heterocycles. The summed E-state index contributed by atoms with van der Waals surface area (Å²) in [5.41, 5.74) is 3.17. The zero-order valence-electron chi connectivity index (χ0n) is 12.7. The summed E-state index contributed by atoms with van der Waals surface area (Å²) in [5.74, 6) is 0. The summed E-state index contributed by atoms with van der Waals surface area (Å²) in [4.78, 5) is 11.8. The Labute approximate surface area is 130 Å². The van der Waals surface area contributed by atoms with Crippen LogP contribution in [0.2, 0.25) is 0 Å². The number of benzene rings is 2. The maximum absolute atomic E-state index is 11.8. The number of aliphatic hydroxyl groups is 1. The van der Waals surface area contributed by atoms with E-state index in [9.17, 15) is 9.90 Å². The Morgan fingerprint density at radius 1 is 1.14 bits per heavy atom. The van der Waals surface area contributed by atoms with E-state index in [1.165, 1.54) is 0 Å². The van der Waals surface area contributed by atoms with Gasteiger partial charge in [-0.15, -0.1) is 0 Å². The zero-order valence-corrected chi connectivity index (χ0v) is 12.7. The molecule has 2 N–H and O–H groups in total. The maximum Gasteiger partial charge on any atom is 0.407 e. The van der Waals surface area contributed by atoms with Gasteiger partial charge in [0.1, 0.15) is 6.61 Å². The van der Waals surface area contributed by atoms with Crippen LogP contribution in [0.25, 0.3) is 0 Å². The molecule has 0 spiro atoms. The SMILES string of the molecule is Cc1ccccc1CC(CO)NC(=O)OCc1ccccc1. The van der Waals surface area contributed by atoms with Crippen LogP contribution in [0, 0.1) is 6.92 Å². The molecule has 0 aliphatic carbocycles. The number of carbonyl (C=O) groups is 1. The smallest absolute Gasteiger partial charge is 0.407 e. The minimum atomic E-state index is -0.517. The van der Waals surface area contributed by atoms with Crippen LogP contribution < -0.4 is 5.32 Å². The number of hydrogen-bond acceptors (Lipinski definition) is 3. The van der Waals surface area contributed by atoms with E-state index in [2.05, 4.69) is 5.32 Å². The predicted octanol–water partition coefficient (Wildman–Crippen LogP) is 2.82. The summed E-state index contributed by atoms with van der Waals surface area (Å²) in [6, 6.07) is 17.0. The standard InChI is InChI=1S/C18H21NO3/c1-14-7-5-6-10-16(14)11-17(12-20)19-18(21)22-13-15-8-3-2-4-9-15/h2-10,17,20H,11-13H2,1H3,(H,19,21). The molecule has 0 saturated heterocycles. The molecule has 0 radical (unpaired) electrons. The van der Waals surface area contributed by atoms with Crippen molar-refractivity contribution in [3.63, 3.8) is 0 Å². The van der Waals surface area contributed by atoms with Gasteiger partial charge in [-0.05, 0) is 30.0 Å². The molecule has 2 aromatic carbocycles. The van der Waals surface area contributed by atoms with Gasteiger partial charge in [0, 0.05) is 0 Å². The number of rotatable bonds is 6. The van der Waals surface area contributed by atoms with Crippen LogP contribution in [0.15, 0.2) is 54.6 Å². The highest BCUT2D eigenvalue weighted by molar-refractivity contribution is 5.67.